The summed E-state index contributed by atoms with van der Waals surface area (Å²) < 4.78 is 37.8. The van der Waals surface area contributed by atoms with Crippen molar-refractivity contribution in [2.45, 2.75) is 19.5 Å². The van der Waals surface area contributed by atoms with E-state index in [9.17, 15) is 18.0 Å². The van der Waals surface area contributed by atoms with Crippen molar-refractivity contribution in [1.82, 2.24) is 20.1 Å². The molecule has 2 rings (SSSR count). The molecule has 0 aliphatic heterocycles. The zero-order valence-electron chi connectivity index (χ0n) is 14.5. The number of hydrogen-bond donors (Lipinski definition) is 1. The molecule has 0 atom stereocenters. The summed E-state index contributed by atoms with van der Waals surface area (Å²) >= 11 is 7.31. The average Bonchev–Trinajstić information content (AvgIpc) is 3.00. The normalized spacial score (nSPS) is 11.4. The maximum atomic E-state index is 12.4. The van der Waals surface area contributed by atoms with Crippen molar-refractivity contribution in [2.24, 2.45) is 0 Å². The van der Waals surface area contributed by atoms with Crippen LogP contribution in [0.4, 0.5) is 23.7 Å². The van der Waals surface area contributed by atoms with Crippen molar-refractivity contribution in [1.29, 1.82) is 0 Å². The number of aromatic nitrogens is 3. The van der Waals surface area contributed by atoms with Crippen LogP contribution in [0, 0.1) is 0 Å². The Morgan fingerprint density at radius 1 is 1.41 bits per heavy atom. The minimum atomic E-state index is -4.15. The highest BCUT2D eigenvalue weighted by Crippen LogP contribution is 2.26. The second-order valence-corrected chi connectivity index (χ2v) is 7.00. The molecule has 0 fully saturated rings. The molecule has 1 N–H and O–H groups in total. The molecule has 6 nitrogen and oxygen atoms in total. The lowest BCUT2D eigenvalue weighted by Crippen LogP contribution is -2.40. The smallest absolute Gasteiger partial charge is 0.337 e. The van der Waals surface area contributed by atoms with E-state index in [0.717, 1.165) is 11.8 Å². The second kappa shape index (κ2) is 9.84. The predicted octanol–water partition coefficient (Wildman–Crippen LogP) is 4.14. The predicted molar refractivity (Wildman–Crippen MR) is 101 cm³/mol. The van der Waals surface area contributed by atoms with Gasteiger partial charge in [0.25, 0.3) is 0 Å². The van der Waals surface area contributed by atoms with Gasteiger partial charge < -0.3 is 5.32 Å². The third-order valence-electron chi connectivity index (χ3n) is 3.47. The van der Waals surface area contributed by atoms with Crippen LogP contribution in [0.2, 0.25) is 5.15 Å². The van der Waals surface area contributed by atoms with Gasteiger partial charge in [0.2, 0.25) is 0 Å². The molecule has 27 heavy (non-hydrogen) atoms. The number of nitrogens with zero attached hydrogens (tertiary/aromatic N) is 4. The van der Waals surface area contributed by atoms with Crippen LogP contribution in [0.25, 0.3) is 5.69 Å². The lowest BCUT2D eigenvalue weighted by atomic mass is 10.4. The Morgan fingerprint density at radius 2 is 2.19 bits per heavy atom. The fourth-order valence-corrected chi connectivity index (χ4v) is 3.24. The molecular formula is C16H19ClF3N5OS. The standard InChI is InChI=1S/C16H19ClF3N5OS/c1-2-24(15(26)22-7-9-27-8-5-16(18,19)20)13-11-25(23-14(13)17)12-4-3-6-21-10-12/h3-4,6,10-11H,2,5,7-9H2,1H3,(H,22,26). The summed E-state index contributed by atoms with van der Waals surface area (Å²) in [5.41, 5.74) is 1.13. The average molecular weight is 422 g/mol. The summed E-state index contributed by atoms with van der Waals surface area (Å²) in [6, 6.07) is 3.17. The van der Waals surface area contributed by atoms with Crippen LogP contribution in [0.3, 0.4) is 0 Å². The van der Waals surface area contributed by atoms with Crippen molar-refractivity contribution in [2.75, 3.05) is 29.5 Å². The van der Waals surface area contributed by atoms with Crippen LogP contribution in [0.15, 0.2) is 30.7 Å². The number of carbonyl (C=O) groups is 1. The molecule has 0 spiro atoms. The maximum absolute atomic E-state index is 12.4. The number of thioether (sulfide) groups is 1. The highest BCUT2D eigenvalue weighted by molar-refractivity contribution is 7.99. The molecule has 2 aromatic rings. The van der Waals surface area contributed by atoms with Gasteiger partial charge in [-0.1, -0.05) is 11.6 Å². The fraction of sp³-hybridized carbons (Fsp3) is 0.438. The van der Waals surface area contributed by atoms with Crippen LogP contribution in [0.5, 0.6) is 0 Å². The number of halogens is 4. The molecule has 0 saturated heterocycles. The quantitative estimate of drug-likeness (QED) is 0.650. The highest BCUT2D eigenvalue weighted by Gasteiger charge is 2.26. The molecule has 0 radical (unpaired) electrons. The van der Waals surface area contributed by atoms with Gasteiger partial charge in [-0.2, -0.15) is 30.0 Å². The van der Waals surface area contributed by atoms with E-state index >= 15 is 0 Å². The first kappa shape index (κ1) is 21.4. The van der Waals surface area contributed by atoms with E-state index < -0.39 is 12.6 Å². The van der Waals surface area contributed by atoms with Crippen LogP contribution >= 0.6 is 23.4 Å². The van der Waals surface area contributed by atoms with E-state index in [1.807, 2.05) is 0 Å². The monoisotopic (exact) mass is 421 g/mol. The van der Waals surface area contributed by atoms with E-state index in [2.05, 4.69) is 15.4 Å². The first-order chi connectivity index (χ1) is 12.8. The summed E-state index contributed by atoms with van der Waals surface area (Å²) in [6.45, 7) is 2.40. The van der Waals surface area contributed by atoms with Crippen LogP contribution < -0.4 is 10.2 Å². The number of rotatable bonds is 8. The number of pyridine rings is 1. The summed E-state index contributed by atoms with van der Waals surface area (Å²) in [5.74, 6) is 0.364. The lowest BCUT2D eigenvalue weighted by molar-refractivity contribution is -0.129. The van der Waals surface area contributed by atoms with Gasteiger partial charge in [-0.15, -0.1) is 0 Å². The molecule has 148 valence electrons. The fourth-order valence-electron chi connectivity index (χ4n) is 2.19. The Balaban J connectivity index is 1.90. The molecule has 0 aliphatic rings. The van der Waals surface area contributed by atoms with E-state index in [1.165, 1.54) is 9.58 Å². The molecular weight excluding hydrogens is 403 g/mol. The van der Waals surface area contributed by atoms with Gasteiger partial charge in [-0.25, -0.2) is 9.48 Å². The van der Waals surface area contributed by atoms with Crippen molar-refractivity contribution in [3.63, 3.8) is 0 Å². The van der Waals surface area contributed by atoms with Crippen molar-refractivity contribution >= 4 is 35.1 Å². The molecule has 0 saturated carbocycles. The number of hydrogen-bond acceptors (Lipinski definition) is 4. The van der Waals surface area contributed by atoms with Gasteiger partial charge in [0.05, 0.1) is 24.5 Å². The van der Waals surface area contributed by atoms with Gasteiger partial charge in [0.1, 0.15) is 5.69 Å². The molecule has 0 aliphatic carbocycles. The number of alkyl halides is 3. The summed E-state index contributed by atoms with van der Waals surface area (Å²) in [5, 5.41) is 7.03. The Labute approximate surface area is 164 Å². The van der Waals surface area contributed by atoms with E-state index in [4.69, 9.17) is 11.6 Å². The van der Waals surface area contributed by atoms with Gasteiger partial charge in [0.15, 0.2) is 5.15 Å². The van der Waals surface area contributed by atoms with E-state index in [0.29, 0.717) is 23.7 Å². The zero-order valence-corrected chi connectivity index (χ0v) is 16.1. The maximum Gasteiger partial charge on any atom is 0.389 e. The van der Waals surface area contributed by atoms with Crippen molar-refractivity contribution in [3.05, 3.63) is 35.9 Å². The lowest BCUT2D eigenvalue weighted by Gasteiger charge is -2.20. The van der Waals surface area contributed by atoms with Crippen molar-refractivity contribution < 1.29 is 18.0 Å². The molecule has 0 bridgehead atoms. The van der Waals surface area contributed by atoms with Gasteiger partial charge in [-0.05, 0) is 19.1 Å². The van der Waals surface area contributed by atoms with Crippen LogP contribution in [-0.2, 0) is 0 Å². The first-order valence-electron chi connectivity index (χ1n) is 8.17. The van der Waals surface area contributed by atoms with Gasteiger partial charge >= 0.3 is 12.2 Å². The van der Waals surface area contributed by atoms with E-state index in [-0.39, 0.29) is 23.5 Å². The largest absolute Gasteiger partial charge is 0.389 e. The first-order valence-corrected chi connectivity index (χ1v) is 9.70. The number of amides is 2. The SMILES string of the molecule is CCN(C(=O)NCCSCCC(F)(F)F)c1cn(-c2cccnc2)nc1Cl. The Morgan fingerprint density at radius 3 is 2.81 bits per heavy atom. The van der Waals surface area contributed by atoms with Gasteiger partial charge in [-0.3, -0.25) is 9.88 Å². The molecule has 2 aromatic heterocycles. The van der Waals surface area contributed by atoms with Crippen LogP contribution in [-0.4, -0.2) is 51.6 Å². The highest BCUT2D eigenvalue weighted by atomic mass is 35.5. The summed E-state index contributed by atoms with van der Waals surface area (Å²) in [7, 11) is 0. The summed E-state index contributed by atoms with van der Waals surface area (Å²) in [4.78, 5) is 17.8. The Hall–Kier alpha value is -1.94. The third kappa shape index (κ3) is 6.62. The number of carbonyl (C=O) groups excluding carboxylic acids is 1. The zero-order chi connectivity index (χ0) is 19.9. The van der Waals surface area contributed by atoms with Crippen molar-refractivity contribution in [3.8, 4) is 5.69 Å². The van der Waals surface area contributed by atoms with Crippen LogP contribution in [0.1, 0.15) is 13.3 Å². The molecule has 0 aromatic carbocycles. The minimum absolute atomic E-state index is 0.0272. The number of anilines is 1. The third-order valence-corrected chi connectivity index (χ3v) is 4.72. The Kier molecular flexibility index (Phi) is 7.78. The van der Waals surface area contributed by atoms with Gasteiger partial charge in [0, 0.05) is 30.8 Å². The topological polar surface area (TPSA) is 63.1 Å². The number of urea groups is 1. The second-order valence-electron chi connectivity index (χ2n) is 5.41. The molecule has 11 heteroatoms. The molecule has 2 amide bonds. The minimum Gasteiger partial charge on any atom is -0.337 e. The molecule has 2 heterocycles. The molecule has 0 unspecified atom stereocenters. The van der Waals surface area contributed by atoms with E-state index in [1.54, 1.807) is 37.6 Å². The number of nitrogens with one attached hydrogen (secondary N) is 1. The Bertz CT molecular complexity index is 741. The summed E-state index contributed by atoms with van der Waals surface area (Å²) in [6.07, 6.45) is -0.119.